The SMILES string of the molecule is CCN(CC)C(=O)C1=CN(C)CC=C1. The van der Waals surface area contributed by atoms with Crippen LogP contribution in [-0.2, 0) is 4.79 Å². The van der Waals surface area contributed by atoms with Gasteiger partial charge in [-0.25, -0.2) is 0 Å². The predicted molar refractivity (Wildman–Crippen MR) is 57.8 cm³/mol. The lowest BCUT2D eigenvalue weighted by atomic mass is 10.2. The van der Waals surface area contributed by atoms with Crippen LogP contribution in [0, 0.1) is 0 Å². The van der Waals surface area contributed by atoms with Gasteiger partial charge in [0.1, 0.15) is 0 Å². The van der Waals surface area contributed by atoms with Gasteiger partial charge in [-0.1, -0.05) is 12.2 Å². The minimum Gasteiger partial charge on any atom is -0.376 e. The standard InChI is InChI=1S/C11H18N2O/c1-4-13(5-2)11(14)10-7-6-8-12(3)9-10/h6-7,9H,4-5,8H2,1-3H3. The molecule has 1 aliphatic rings. The summed E-state index contributed by atoms with van der Waals surface area (Å²) in [6, 6.07) is 0. The Morgan fingerprint density at radius 1 is 1.50 bits per heavy atom. The summed E-state index contributed by atoms with van der Waals surface area (Å²) in [6.45, 7) is 6.42. The third kappa shape index (κ3) is 2.37. The Morgan fingerprint density at radius 3 is 2.64 bits per heavy atom. The van der Waals surface area contributed by atoms with E-state index in [9.17, 15) is 4.79 Å². The highest BCUT2D eigenvalue weighted by Gasteiger charge is 2.15. The monoisotopic (exact) mass is 194 g/mol. The molecule has 0 atom stereocenters. The normalized spacial score (nSPS) is 15.4. The molecule has 0 aromatic carbocycles. The Hall–Kier alpha value is -1.25. The largest absolute Gasteiger partial charge is 0.376 e. The van der Waals surface area contributed by atoms with Crippen LogP contribution >= 0.6 is 0 Å². The van der Waals surface area contributed by atoms with Crippen LogP contribution in [0.15, 0.2) is 23.9 Å². The number of hydrogen-bond donors (Lipinski definition) is 0. The number of likely N-dealkylation sites (N-methyl/N-ethyl adjacent to an activating group) is 2. The summed E-state index contributed by atoms with van der Waals surface area (Å²) in [6.07, 6.45) is 5.82. The van der Waals surface area contributed by atoms with E-state index in [0.29, 0.717) is 0 Å². The van der Waals surface area contributed by atoms with Gasteiger partial charge < -0.3 is 9.80 Å². The van der Waals surface area contributed by atoms with Crippen LogP contribution in [0.2, 0.25) is 0 Å². The third-order valence-electron chi connectivity index (χ3n) is 2.35. The van der Waals surface area contributed by atoms with E-state index in [2.05, 4.69) is 0 Å². The molecule has 14 heavy (non-hydrogen) atoms. The molecule has 3 nitrogen and oxygen atoms in total. The molecule has 0 N–H and O–H groups in total. The number of hydrogen-bond acceptors (Lipinski definition) is 2. The average Bonchev–Trinajstić information content (AvgIpc) is 2.19. The summed E-state index contributed by atoms with van der Waals surface area (Å²) in [5.74, 6) is 0.123. The van der Waals surface area contributed by atoms with Crippen molar-refractivity contribution in [2.75, 3.05) is 26.7 Å². The molecule has 1 amide bonds. The lowest BCUT2D eigenvalue weighted by molar-refractivity contribution is -0.126. The van der Waals surface area contributed by atoms with E-state index < -0.39 is 0 Å². The molecule has 78 valence electrons. The maximum atomic E-state index is 11.9. The lowest BCUT2D eigenvalue weighted by Crippen LogP contribution is -2.32. The highest BCUT2D eigenvalue weighted by Crippen LogP contribution is 2.09. The topological polar surface area (TPSA) is 23.6 Å². The molecule has 0 aliphatic carbocycles. The van der Waals surface area contributed by atoms with Gasteiger partial charge in [-0.15, -0.1) is 0 Å². The molecular formula is C11H18N2O. The molecular weight excluding hydrogens is 176 g/mol. The fourth-order valence-electron chi connectivity index (χ4n) is 1.50. The molecule has 1 aliphatic heterocycles. The van der Waals surface area contributed by atoms with Crippen molar-refractivity contribution >= 4 is 5.91 Å². The zero-order chi connectivity index (χ0) is 10.6. The number of rotatable bonds is 3. The first-order valence-electron chi connectivity index (χ1n) is 5.06. The van der Waals surface area contributed by atoms with Gasteiger partial charge >= 0.3 is 0 Å². The summed E-state index contributed by atoms with van der Waals surface area (Å²) in [5.41, 5.74) is 0.780. The van der Waals surface area contributed by atoms with Gasteiger partial charge in [0.2, 0.25) is 0 Å². The molecule has 0 spiro atoms. The Labute approximate surface area is 85.7 Å². The smallest absolute Gasteiger partial charge is 0.255 e. The Bertz CT molecular complexity index is 264. The number of carbonyl (C=O) groups is 1. The van der Waals surface area contributed by atoms with E-state index in [1.165, 1.54) is 0 Å². The number of carbonyl (C=O) groups excluding carboxylic acids is 1. The number of amides is 1. The molecule has 1 heterocycles. The maximum absolute atomic E-state index is 11.9. The summed E-state index contributed by atoms with van der Waals surface area (Å²) < 4.78 is 0. The Balaban J connectivity index is 2.73. The predicted octanol–water partition coefficient (Wildman–Crippen LogP) is 1.24. The molecule has 1 rings (SSSR count). The van der Waals surface area contributed by atoms with Crippen molar-refractivity contribution in [2.45, 2.75) is 13.8 Å². The first-order chi connectivity index (χ1) is 6.69. The Kier molecular flexibility index (Phi) is 3.74. The van der Waals surface area contributed by atoms with E-state index in [1.807, 2.05) is 49.0 Å². The summed E-state index contributed by atoms with van der Waals surface area (Å²) >= 11 is 0. The highest BCUT2D eigenvalue weighted by molar-refractivity contribution is 5.96. The van der Waals surface area contributed by atoms with E-state index in [0.717, 1.165) is 25.2 Å². The third-order valence-corrected chi connectivity index (χ3v) is 2.35. The zero-order valence-electron chi connectivity index (χ0n) is 9.16. The van der Waals surface area contributed by atoms with Crippen molar-refractivity contribution in [2.24, 2.45) is 0 Å². The van der Waals surface area contributed by atoms with Gasteiger partial charge in [0.15, 0.2) is 0 Å². The van der Waals surface area contributed by atoms with E-state index in [-0.39, 0.29) is 5.91 Å². The second kappa shape index (κ2) is 4.84. The molecule has 0 aromatic rings. The zero-order valence-corrected chi connectivity index (χ0v) is 9.16. The summed E-state index contributed by atoms with van der Waals surface area (Å²) in [4.78, 5) is 15.7. The first kappa shape index (κ1) is 10.8. The second-order valence-corrected chi connectivity index (χ2v) is 3.40. The molecule has 3 heteroatoms. The van der Waals surface area contributed by atoms with Crippen molar-refractivity contribution in [3.05, 3.63) is 23.9 Å². The average molecular weight is 194 g/mol. The van der Waals surface area contributed by atoms with Gasteiger partial charge in [0.05, 0.1) is 5.57 Å². The van der Waals surface area contributed by atoms with Crippen LogP contribution in [0.4, 0.5) is 0 Å². The van der Waals surface area contributed by atoms with Crippen LogP contribution < -0.4 is 0 Å². The molecule has 0 fully saturated rings. The van der Waals surface area contributed by atoms with Crippen LogP contribution in [0.1, 0.15) is 13.8 Å². The fourth-order valence-corrected chi connectivity index (χ4v) is 1.50. The molecule has 0 aromatic heterocycles. The van der Waals surface area contributed by atoms with Crippen LogP contribution in [0.3, 0.4) is 0 Å². The molecule has 0 saturated carbocycles. The van der Waals surface area contributed by atoms with Crippen molar-refractivity contribution in [1.29, 1.82) is 0 Å². The van der Waals surface area contributed by atoms with Gasteiger partial charge in [-0.3, -0.25) is 4.79 Å². The maximum Gasteiger partial charge on any atom is 0.255 e. The van der Waals surface area contributed by atoms with Crippen LogP contribution in [-0.4, -0.2) is 42.4 Å². The Morgan fingerprint density at radius 2 is 2.14 bits per heavy atom. The second-order valence-electron chi connectivity index (χ2n) is 3.40. The minimum absolute atomic E-state index is 0.123. The number of nitrogens with zero attached hydrogens (tertiary/aromatic N) is 2. The fraction of sp³-hybridized carbons (Fsp3) is 0.545. The van der Waals surface area contributed by atoms with Crippen LogP contribution in [0.5, 0.6) is 0 Å². The van der Waals surface area contributed by atoms with Crippen molar-refractivity contribution in [1.82, 2.24) is 9.80 Å². The molecule has 0 radical (unpaired) electrons. The first-order valence-corrected chi connectivity index (χ1v) is 5.06. The van der Waals surface area contributed by atoms with Gasteiger partial charge in [-0.2, -0.15) is 0 Å². The van der Waals surface area contributed by atoms with E-state index in [1.54, 1.807) is 0 Å². The van der Waals surface area contributed by atoms with Crippen molar-refractivity contribution < 1.29 is 4.79 Å². The quantitative estimate of drug-likeness (QED) is 0.675. The van der Waals surface area contributed by atoms with E-state index in [4.69, 9.17) is 0 Å². The molecule has 0 bridgehead atoms. The van der Waals surface area contributed by atoms with Crippen molar-refractivity contribution in [3.63, 3.8) is 0 Å². The minimum atomic E-state index is 0.123. The van der Waals surface area contributed by atoms with Gasteiger partial charge in [0, 0.05) is 32.9 Å². The van der Waals surface area contributed by atoms with Gasteiger partial charge in [0.25, 0.3) is 5.91 Å². The lowest BCUT2D eigenvalue weighted by Gasteiger charge is -2.23. The molecule has 0 unspecified atom stereocenters. The van der Waals surface area contributed by atoms with Crippen molar-refractivity contribution in [3.8, 4) is 0 Å². The van der Waals surface area contributed by atoms with Crippen LogP contribution in [0.25, 0.3) is 0 Å². The summed E-state index contributed by atoms with van der Waals surface area (Å²) in [5, 5.41) is 0. The van der Waals surface area contributed by atoms with Gasteiger partial charge in [-0.05, 0) is 13.8 Å². The summed E-state index contributed by atoms with van der Waals surface area (Å²) in [7, 11) is 1.97. The molecule has 0 saturated heterocycles. The highest BCUT2D eigenvalue weighted by atomic mass is 16.2. The van der Waals surface area contributed by atoms with E-state index >= 15 is 0 Å².